The lowest BCUT2D eigenvalue weighted by atomic mass is 9.91. The summed E-state index contributed by atoms with van der Waals surface area (Å²) in [5.41, 5.74) is 1.01. The number of carbonyl (C=O) groups excluding carboxylic acids is 2. The fourth-order valence-corrected chi connectivity index (χ4v) is 2.68. The number of hydrogen-bond donors (Lipinski definition) is 1. The van der Waals surface area contributed by atoms with Crippen LogP contribution in [0.4, 0.5) is 0 Å². The summed E-state index contributed by atoms with van der Waals surface area (Å²) in [5.74, 6) is -0.0838. The van der Waals surface area contributed by atoms with Crippen LogP contribution in [0.1, 0.15) is 39.0 Å². The summed E-state index contributed by atoms with van der Waals surface area (Å²) in [6, 6.07) is 3.43. The van der Waals surface area contributed by atoms with Gasteiger partial charge in [-0.3, -0.25) is 14.6 Å². The predicted octanol–water partition coefficient (Wildman–Crippen LogP) is 1.65. The topological polar surface area (TPSA) is 62.3 Å². The van der Waals surface area contributed by atoms with E-state index in [4.69, 9.17) is 0 Å². The average molecular weight is 289 g/mol. The minimum absolute atomic E-state index is 0.0543. The molecular formula is C16H23N3O2. The Balaban J connectivity index is 2.32. The summed E-state index contributed by atoms with van der Waals surface area (Å²) in [6.07, 6.45) is 1.76. The van der Waals surface area contributed by atoms with Crippen LogP contribution in [0.2, 0.25) is 0 Å². The molecule has 114 valence electrons. The van der Waals surface area contributed by atoms with Gasteiger partial charge in [-0.2, -0.15) is 0 Å². The summed E-state index contributed by atoms with van der Waals surface area (Å²) in [7, 11) is 0. The van der Waals surface area contributed by atoms with Gasteiger partial charge in [0.15, 0.2) is 0 Å². The first-order valence-electron chi connectivity index (χ1n) is 7.27. The van der Waals surface area contributed by atoms with Crippen LogP contribution in [0.25, 0.3) is 0 Å². The summed E-state index contributed by atoms with van der Waals surface area (Å²) in [4.78, 5) is 30.9. The van der Waals surface area contributed by atoms with Gasteiger partial charge < -0.3 is 10.2 Å². The van der Waals surface area contributed by atoms with Gasteiger partial charge in [0.25, 0.3) is 0 Å². The first-order valence-corrected chi connectivity index (χ1v) is 7.27. The van der Waals surface area contributed by atoms with Crippen molar-refractivity contribution in [3.05, 3.63) is 29.6 Å². The van der Waals surface area contributed by atoms with Gasteiger partial charge >= 0.3 is 0 Å². The Kier molecular flexibility index (Phi) is 4.03. The van der Waals surface area contributed by atoms with Gasteiger partial charge in [-0.05, 0) is 38.3 Å². The molecular weight excluding hydrogens is 266 g/mol. The number of nitrogens with zero attached hydrogens (tertiary/aromatic N) is 2. The maximum Gasteiger partial charge on any atom is 0.248 e. The van der Waals surface area contributed by atoms with Crippen LogP contribution in [0.3, 0.4) is 0 Å². The van der Waals surface area contributed by atoms with Crippen molar-refractivity contribution in [2.24, 2.45) is 5.92 Å². The average Bonchev–Trinajstić information content (AvgIpc) is 2.37. The molecule has 1 saturated heterocycles. The second kappa shape index (κ2) is 5.47. The molecule has 1 N–H and O–H groups in total. The van der Waals surface area contributed by atoms with Crippen molar-refractivity contribution in [3.8, 4) is 0 Å². The largest absolute Gasteiger partial charge is 0.340 e. The van der Waals surface area contributed by atoms with Gasteiger partial charge in [0.05, 0.1) is 0 Å². The Morgan fingerprint density at radius 3 is 2.52 bits per heavy atom. The number of carbonyl (C=O) groups is 2. The summed E-state index contributed by atoms with van der Waals surface area (Å²) in [5, 5.41) is 2.82. The van der Waals surface area contributed by atoms with Crippen molar-refractivity contribution in [1.29, 1.82) is 0 Å². The molecule has 0 aliphatic carbocycles. The van der Waals surface area contributed by atoms with Gasteiger partial charge in [0, 0.05) is 18.4 Å². The molecule has 1 atom stereocenters. The number of nitrogens with one attached hydrogen (secondary N) is 1. The van der Waals surface area contributed by atoms with Gasteiger partial charge in [0.1, 0.15) is 11.6 Å². The molecule has 5 heteroatoms. The molecule has 0 aromatic carbocycles. The Bertz CT molecular complexity index is 549. The van der Waals surface area contributed by atoms with Crippen molar-refractivity contribution in [2.75, 3.05) is 0 Å². The van der Waals surface area contributed by atoms with Crippen molar-refractivity contribution in [3.63, 3.8) is 0 Å². The third-order valence-electron chi connectivity index (χ3n) is 3.79. The zero-order valence-corrected chi connectivity index (χ0v) is 13.3. The van der Waals surface area contributed by atoms with Crippen LogP contribution >= 0.6 is 0 Å². The number of aryl methyl sites for hydroxylation is 1. The third-order valence-corrected chi connectivity index (χ3v) is 3.79. The summed E-state index contributed by atoms with van der Waals surface area (Å²) < 4.78 is 0. The molecule has 0 saturated carbocycles. The monoisotopic (exact) mass is 289 g/mol. The van der Waals surface area contributed by atoms with E-state index >= 15 is 0 Å². The Morgan fingerprint density at radius 1 is 1.33 bits per heavy atom. The van der Waals surface area contributed by atoms with Crippen LogP contribution < -0.4 is 5.32 Å². The number of aromatic nitrogens is 1. The fourth-order valence-electron chi connectivity index (χ4n) is 2.68. The van der Waals surface area contributed by atoms with Gasteiger partial charge in [0.2, 0.25) is 11.8 Å². The van der Waals surface area contributed by atoms with Gasteiger partial charge in [-0.15, -0.1) is 0 Å². The highest BCUT2D eigenvalue weighted by Crippen LogP contribution is 2.24. The highest BCUT2D eigenvalue weighted by molar-refractivity contribution is 5.99. The SMILES string of the molecule is Cc1ccc(CN2C(=O)C(C)(C)NC(=O)C2C(C)C)cn1. The quantitative estimate of drug-likeness (QED) is 0.920. The molecule has 1 aromatic rings. The Morgan fingerprint density at radius 2 is 2.00 bits per heavy atom. The molecule has 2 amide bonds. The van der Waals surface area contributed by atoms with Crippen LogP contribution in [0.5, 0.6) is 0 Å². The van der Waals surface area contributed by atoms with Crippen molar-refractivity contribution in [2.45, 2.75) is 52.7 Å². The molecule has 2 heterocycles. The summed E-state index contributed by atoms with van der Waals surface area (Å²) >= 11 is 0. The van der Waals surface area contributed by atoms with Gasteiger partial charge in [-0.1, -0.05) is 19.9 Å². The van der Waals surface area contributed by atoms with Crippen molar-refractivity contribution in [1.82, 2.24) is 15.2 Å². The predicted molar refractivity (Wildman–Crippen MR) is 80.4 cm³/mol. The lowest BCUT2D eigenvalue weighted by Crippen LogP contribution is -2.68. The van der Waals surface area contributed by atoms with E-state index in [1.54, 1.807) is 24.9 Å². The molecule has 1 fully saturated rings. The number of rotatable bonds is 3. The molecule has 2 rings (SSSR count). The van der Waals surface area contributed by atoms with E-state index in [9.17, 15) is 9.59 Å². The molecule has 0 bridgehead atoms. The molecule has 0 radical (unpaired) electrons. The standard InChI is InChI=1S/C16H23N3O2/c1-10(2)13-14(20)18-16(4,5)15(21)19(13)9-12-7-6-11(3)17-8-12/h6-8,10,13H,9H2,1-5H3,(H,18,20). The first-order chi connectivity index (χ1) is 9.72. The molecule has 21 heavy (non-hydrogen) atoms. The Labute approximate surface area is 125 Å². The second-order valence-corrected chi connectivity index (χ2v) is 6.54. The van der Waals surface area contributed by atoms with Crippen LogP contribution in [-0.4, -0.2) is 33.3 Å². The number of amides is 2. The maximum atomic E-state index is 12.7. The highest BCUT2D eigenvalue weighted by Gasteiger charge is 2.46. The second-order valence-electron chi connectivity index (χ2n) is 6.54. The van der Waals surface area contributed by atoms with Crippen LogP contribution in [0, 0.1) is 12.8 Å². The van der Waals surface area contributed by atoms with Crippen molar-refractivity contribution < 1.29 is 9.59 Å². The zero-order chi connectivity index (χ0) is 15.8. The third kappa shape index (κ3) is 3.06. The van der Waals surface area contributed by atoms with E-state index in [2.05, 4.69) is 10.3 Å². The maximum absolute atomic E-state index is 12.7. The minimum atomic E-state index is -0.861. The molecule has 1 aromatic heterocycles. The van der Waals surface area contributed by atoms with Gasteiger partial charge in [-0.25, -0.2) is 0 Å². The Hall–Kier alpha value is -1.91. The minimum Gasteiger partial charge on any atom is -0.340 e. The first kappa shape index (κ1) is 15.5. The smallest absolute Gasteiger partial charge is 0.248 e. The highest BCUT2D eigenvalue weighted by atomic mass is 16.2. The van der Waals surface area contributed by atoms with E-state index in [1.807, 2.05) is 32.9 Å². The van der Waals surface area contributed by atoms with Crippen molar-refractivity contribution >= 4 is 11.8 Å². The molecule has 5 nitrogen and oxygen atoms in total. The van der Waals surface area contributed by atoms with E-state index in [0.29, 0.717) is 6.54 Å². The zero-order valence-electron chi connectivity index (χ0n) is 13.3. The van der Waals surface area contributed by atoms with E-state index in [0.717, 1.165) is 11.3 Å². The molecule has 1 unspecified atom stereocenters. The fraction of sp³-hybridized carbons (Fsp3) is 0.562. The number of piperazine rings is 1. The molecule has 0 spiro atoms. The van der Waals surface area contributed by atoms with Crippen LogP contribution in [-0.2, 0) is 16.1 Å². The normalized spacial score (nSPS) is 21.6. The van der Waals surface area contributed by atoms with E-state index in [-0.39, 0.29) is 17.7 Å². The van der Waals surface area contributed by atoms with E-state index in [1.165, 1.54) is 0 Å². The van der Waals surface area contributed by atoms with Crippen LogP contribution in [0.15, 0.2) is 18.3 Å². The van der Waals surface area contributed by atoms with E-state index < -0.39 is 11.6 Å². The number of pyridine rings is 1. The summed E-state index contributed by atoms with van der Waals surface area (Å²) in [6.45, 7) is 9.72. The lowest BCUT2D eigenvalue weighted by molar-refractivity contribution is -0.156. The number of hydrogen-bond acceptors (Lipinski definition) is 3. The molecule has 1 aliphatic heterocycles. The lowest BCUT2D eigenvalue weighted by Gasteiger charge is -2.44. The molecule has 1 aliphatic rings.